The third-order valence-corrected chi connectivity index (χ3v) is 2.65. The Balaban J connectivity index is 2.52. The van der Waals surface area contributed by atoms with Gasteiger partial charge in [0.2, 0.25) is 0 Å². The Hall–Kier alpha value is -0.800. The van der Waals surface area contributed by atoms with Crippen molar-refractivity contribution in [3.05, 3.63) is 0 Å². The number of likely N-dealkylation sites (N-methyl/N-ethyl adjacent to an activating group) is 1. The molecule has 0 radical (unpaired) electrons. The van der Waals surface area contributed by atoms with Crippen molar-refractivity contribution in [2.45, 2.75) is 19.1 Å². The first-order valence-corrected chi connectivity index (χ1v) is 4.90. The molecular formula is C9H14F3N3. The highest BCUT2D eigenvalue weighted by Gasteiger charge is 2.42. The fourth-order valence-corrected chi connectivity index (χ4v) is 1.52. The minimum absolute atomic E-state index is 0.146. The van der Waals surface area contributed by atoms with Gasteiger partial charge < -0.3 is 5.32 Å². The van der Waals surface area contributed by atoms with Gasteiger partial charge in [0.25, 0.3) is 0 Å². The van der Waals surface area contributed by atoms with Gasteiger partial charge in [-0.3, -0.25) is 4.90 Å². The van der Waals surface area contributed by atoms with Crippen LogP contribution >= 0.6 is 0 Å². The molecular weight excluding hydrogens is 207 g/mol. The first kappa shape index (κ1) is 12.3. The van der Waals surface area contributed by atoms with Crippen molar-refractivity contribution in [2.75, 3.05) is 26.2 Å². The fourth-order valence-electron chi connectivity index (χ4n) is 1.52. The highest BCUT2D eigenvalue weighted by molar-refractivity contribution is 4.93. The van der Waals surface area contributed by atoms with Crippen LogP contribution in [0.5, 0.6) is 0 Å². The number of rotatable bonds is 4. The van der Waals surface area contributed by atoms with Crippen LogP contribution in [0.1, 0.15) is 6.92 Å². The second-order valence-corrected chi connectivity index (χ2v) is 3.62. The number of hydrogen-bond acceptors (Lipinski definition) is 3. The van der Waals surface area contributed by atoms with Gasteiger partial charge in [-0.1, -0.05) is 6.92 Å². The Morgan fingerprint density at radius 2 is 2.13 bits per heavy atom. The van der Waals surface area contributed by atoms with Gasteiger partial charge in [0, 0.05) is 25.7 Å². The van der Waals surface area contributed by atoms with E-state index >= 15 is 0 Å². The molecule has 1 atom stereocenters. The van der Waals surface area contributed by atoms with E-state index in [1.165, 1.54) is 6.07 Å². The zero-order valence-electron chi connectivity index (χ0n) is 8.51. The number of halogens is 3. The lowest BCUT2D eigenvalue weighted by atomic mass is 10.1. The molecule has 1 heterocycles. The predicted molar refractivity (Wildman–Crippen MR) is 49.1 cm³/mol. The van der Waals surface area contributed by atoms with Crippen LogP contribution < -0.4 is 5.32 Å². The van der Waals surface area contributed by atoms with E-state index in [2.05, 4.69) is 5.32 Å². The molecule has 1 aliphatic rings. The summed E-state index contributed by atoms with van der Waals surface area (Å²) in [5.74, 6) is -1.88. The molecule has 86 valence electrons. The van der Waals surface area contributed by atoms with Gasteiger partial charge in [-0.05, 0) is 6.54 Å². The molecule has 1 unspecified atom stereocenters. The van der Waals surface area contributed by atoms with E-state index in [1.54, 1.807) is 4.90 Å². The van der Waals surface area contributed by atoms with Gasteiger partial charge in [-0.2, -0.15) is 18.4 Å². The van der Waals surface area contributed by atoms with Crippen LogP contribution in [0.3, 0.4) is 0 Å². The Kier molecular flexibility index (Phi) is 3.94. The molecule has 3 nitrogen and oxygen atoms in total. The number of nitrogens with one attached hydrogen (secondary N) is 1. The molecule has 1 aliphatic heterocycles. The Labute approximate surface area is 86.9 Å². The molecule has 1 fully saturated rings. The van der Waals surface area contributed by atoms with Crippen molar-refractivity contribution in [1.82, 2.24) is 10.2 Å². The van der Waals surface area contributed by atoms with Crippen LogP contribution in [0.2, 0.25) is 0 Å². The lowest BCUT2D eigenvalue weighted by Crippen LogP contribution is -2.58. The molecule has 0 spiro atoms. The average molecular weight is 221 g/mol. The van der Waals surface area contributed by atoms with Gasteiger partial charge in [0.15, 0.2) is 5.92 Å². The van der Waals surface area contributed by atoms with Crippen molar-refractivity contribution in [1.29, 1.82) is 5.26 Å². The van der Waals surface area contributed by atoms with Gasteiger partial charge in [-0.15, -0.1) is 0 Å². The van der Waals surface area contributed by atoms with Crippen LogP contribution in [0.25, 0.3) is 0 Å². The van der Waals surface area contributed by atoms with Crippen molar-refractivity contribution in [3.8, 4) is 6.07 Å². The second kappa shape index (κ2) is 4.81. The lowest BCUT2D eigenvalue weighted by molar-refractivity contribution is -0.164. The minimum atomic E-state index is -4.42. The van der Waals surface area contributed by atoms with Crippen molar-refractivity contribution in [2.24, 2.45) is 5.92 Å². The molecule has 0 aromatic heterocycles. The molecule has 15 heavy (non-hydrogen) atoms. The maximum atomic E-state index is 12.3. The third-order valence-electron chi connectivity index (χ3n) is 2.65. The number of hydrogen-bond donors (Lipinski definition) is 1. The summed E-state index contributed by atoms with van der Waals surface area (Å²) in [5, 5.41) is 11.5. The molecule has 6 heteroatoms. The van der Waals surface area contributed by atoms with E-state index in [4.69, 9.17) is 5.26 Å². The normalized spacial score (nSPS) is 19.7. The SMILES string of the molecule is CCN(CC(C#N)C(F)(F)F)C1CNC1. The van der Waals surface area contributed by atoms with Crippen LogP contribution in [0.15, 0.2) is 0 Å². The van der Waals surface area contributed by atoms with Gasteiger partial charge >= 0.3 is 6.18 Å². The molecule has 0 amide bonds. The standard InChI is InChI=1S/C9H14F3N3/c1-2-15(8-4-14-5-8)6-7(3-13)9(10,11)12/h7-8,14H,2,4-6H2,1H3. The minimum Gasteiger partial charge on any atom is -0.314 e. The lowest BCUT2D eigenvalue weighted by Gasteiger charge is -2.38. The van der Waals surface area contributed by atoms with E-state index in [-0.39, 0.29) is 12.6 Å². The Morgan fingerprint density at radius 3 is 2.40 bits per heavy atom. The van der Waals surface area contributed by atoms with E-state index in [0.717, 1.165) is 0 Å². The fraction of sp³-hybridized carbons (Fsp3) is 0.889. The summed E-state index contributed by atoms with van der Waals surface area (Å²) in [6, 6.07) is 1.47. The molecule has 0 aromatic carbocycles. The topological polar surface area (TPSA) is 39.1 Å². The van der Waals surface area contributed by atoms with Crippen LogP contribution in [-0.4, -0.2) is 43.3 Å². The second-order valence-electron chi connectivity index (χ2n) is 3.62. The van der Waals surface area contributed by atoms with Crippen molar-refractivity contribution < 1.29 is 13.2 Å². The molecule has 0 aliphatic carbocycles. The zero-order chi connectivity index (χ0) is 11.5. The summed E-state index contributed by atoms with van der Waals surface area (Å²) in [4.78, 5) is 1.71. The number of alkyl halides is 3. The first-order valence-electron chi connectivity index (χ1n) is 4.90. The first-order chi connectivity index (χ1) is 6.99. The Morgan fingerprint density at radius 1 is 1.53 bits per heavy atom. The molecule has 0 aromatic rings. The van der Waals surface area contributed by atoms with Gasteiger partial charge in [-0.25, -0.2) is 0 Å². The summed E-state index contributed by atoms with van der Waals surface area (Å²) in [6.45, 7) is 3.56. The van der Waals surface area contributed by atoms with Crippen LogP contribution in [-0.2, 0) is 0 Å². The largest absolute Gasteiger partial charge is 0.405 e. The van der Waals surface area contributed by atoms with E-state index in [9.17, 15) is 13.2 Å². The maximum Gasteiger partial charge on any atom is 0.405 e. The molecule has 1 N–H and O–H groups in total. The van der Waals surface area contributed by atoms with E-state index < -0.39 is 12.1 Å². The summed E-state index contributed by atoms with van der Waals surface area (Å²) >= 11 is 0. The third kappa shape index (κ3) is 3.08. The maximum absolute atomic E-state index is 12.3. The molecule has 1 saturated heterocycles. The summed E-state index contributed by atoms with van der Waals surface area (Å²) in [6.07, 6.45) is -4.42. The van der Waals surface area contributed by atoms with E-state index in [1.807, 2.05) is 6.92 Å². The molecule has 1 rings (SSSR count). The number of nitriles is 1. The van der Waals surface area contributed by atoms with Crippen molar-refractivity contribution >= 4 is 0 Å². The molecule has 0 saturated carbocycles. The van der Waals surface area contributed by atoms with Gasteiger partial charge in [0.1, 0.15) is 0 Å². The highest BCUT2D eigenvalue weighted by atomic mass is 19.4. The Bertz CT molecular complexity index is 242. The van der Waals surface area contributed by atoms with Crippen LogP contribution in [0.4, 0.5) is 13.2 Å². The smallest absolute Gasteiger partial charge is 0.314 e. The monoisotopic (exact) mass is 221 g/mol. The summed E-state index contributed by atoms with van der Waals surface area (Å²) < 4.78 is 37.0. The summed E-state index contributed by atoms with van der Waals surface area (Å²) in [5.41, 5.74) is 0. The summed E-state index contributed by atoms with van der Waals surface area (Å²) in [7, 11) is 0. The quantitative estimate of drug-likeness (QED) is 0.769. The highest BCUT2D eigenvalue weighted by Crippen LogP contribution is 2.27. The predicted octanol–water partition coefficient (Wildman–Crippen LogP) is 0.982. The van der Waals surface area contributed by atoms with Gasteiger partial charge in [0.05, 0.1) is 6.07 Å². The molecule has 0 bridgehead atoms. The average Bonchev–Trinajstić information content (AvgIpc) is 2.06. The zero-order valence-corrected chi connectivity index (χ0v) is 8.51. The number of nitrogens with zero attached hydrogens (tertiary/aromatic N) is 2. The van der Waals surface area contributed by atoms with E-state index in [0.29, 0.717) is 19.6 Å². The van der Waals surface area contributed by atoms with Crippen LogP contribution in [0, 0.1) is 17.2 Å². The van der Waals surface area contributed by atoms with Crippen molar-refractivity contribution in [3.63, 3.8) is 0 Å².